The Morgan fingerprint density at radius 1 is 1.10 bits per heavy atom. The van der Waals surface area contributed by atoms with Gasteiger partial charge in [-0.1, -0.05) is 23.8 Å². The van der Waals surface area contributed by atoms with E-state index in [2.05, 4.69) is 29.6 Å². The van der Waals surface area contributed by atoms with E-state index >= 15 is 0 Å². The molecule has 4 rings (SSSR count). The van der Waals surface area contributed by atoms with Crippen molar-refractivity contribution in [3.05, 3.63) is 74.6 Å². The van der Waals surface area contributed by atoms with Crippen molar-refractivity contribution < 1.29 is 19.1 Å². The van der Waals surface area contributed by atoms with Gasteiger partial charge in [0.15, 0.2) is 5.43 Å². The van der Waals surface area contributed by atoms with Crippen LogP contribution in [-0.4, -0.2) is 17.0 Å². The van der Waals surface area contributed by atoms with Gasteiger partial charge in [-0.05, 0) is 61.6 Å². The second-order valence-corrected chi connectivity index (χ2v) is 7.24. The number of anilines is 1. The minimum Gasteiger partial charge on any atom is -0.474 e. The standard InChI is InChI=1S/C23H19NO5/c1-12-3-4-13(2)15(9-12)10-14-5-7-18-20(25)17-8-6-16(24-22(26)23(27)28)11-19(17)29-21(14)18/h3-4,6,8-11H,5,7H2,1-2H3,(H,24,26)(H,27,28)/b14-10+. The Morgan fingerprint density at radius 2 is 1.90 bits per heavy atom. The number of aliphatic carboxylic acids is 1. The van der Waals surface area contributed by atoms with Crippen LogP contribution in [0.3, 0.4) is 0 Å². The Bertz CT molecular complexity index is 1270. The van der Waals surface area contributed by atoms with E-state index in [0.717, 1.165) is 22.3 Å². The van der Waals surface area contributed by atoms with Crippen LogP contribution in [0.2, 0.25) is 0 Å². The number of hydrogen-bond donors (Lipinski definition) is 2. The lowest BCUT2D eigenvalue weighted by Crippen LogP contribution is -2.21. The van der Waals surface area contributed by atoms with E-state index in [1.807, 2.05) is 13.8 Å². The van der Waals surface area contributed by atoms with Crippen LogP contribution in [0.5, 0.6) is 0 Å². The van der Waals surface area contributed by atoms with Gasteiger partial charge < -0.3 is 14.8 Å². The molecule has 2 N–H and O–H groups in total. The van der Waals surface area contributed by atoms with E-state index in [1.54, 1.807) is 6.07 Å². The fraction of sp³-hybridized carbons (Fsp3) is 0.174. The molecule has 0 aliphatic heterocycles. The van der Waals surface area contributed by atoms with Gasteiger partial charge in [-0.25, -0.2) is 4.79 Å². The highest BCUT2D eigenvalue weighted by molar-refractivity contribution is 6.36. The lowest BCUT2D eigenvalue weighted by atomic mass is 10.0. The van der Waals surface area contributed by atoms with Crippen LogP contribution in [0.4, 0.5) is 5.69 Å². The first-order valence-corrected chi connectivity index (χ1v) is 9.25. The number of carbonyl (C=O) groups is 2. The van der Waals surface area contributed by atoms with Crippen molar-refractivity contribution in [2.24, 2.45) is 0 Å². The van der Waals surface area contributed by atoms with Crippen LogP contribution in [-0.2, 0) is 16.0 Å². The SMILES string of the molecule is Cc1ccc(C)c(/C=C2\CCc3c2oc2cc(NC(=O)C(=O)O)ccc2c3=O)c1. The molecule has 0 saturated carbocycles. The predicted molar refractivity (Wildman–Crippen MR) is 111 cm³/mol. The summed E-state index contributed by atoms with van der Waals surface area (Å²) in [6.45, 7) is 4.07. The minimum atomic E-state index is -1.58. The smallest absolute Gasteiger partial charge is 0.394 e. The molecule has 1 aliphatic carbocycles. The zero-order valence-electron chi connectivity index (χ0n) is 16.0. The van der Waals surface area contributed by atoms with Crippen molar-refractivity contribution in [1.29, 1.82) is 0 Å². The first-order chi connectivity index (χ1) is 13.8. The molecule has 146 valence electrons. The Kier molecular flexibility index (Phi) is 4.54. The maximum absolute atomic E-state index is 12.9. The maximum atomic E-state index is 12.9. The normalized spacial score (nSPS) is 14.2. The van der Waals surface area contributed by atoms with Gasteiger partial charge in [-0.3, -0.25) is 9.59 Å². The lowest BCUT2D eigenvalue weighted by molar-refractivity contribution is -0.147. The summed E-state index contributed by atoms with van der Waals surface area (Å²) in [5.74, 6) is -2.17. The Balaban J connectivity index is 1.82. The van der Waals surface area contributed by atoms with E-state index in [-0.39, 0.29) is 11.1 Å². The highest BCUT2D eigenvalue weighted by Crippen LogP contribution is 2.35. The van der Waals surface area contributed by atoms with Gasteiger partial charge in [-0.15, -0.1) is 0 Å². The molecule has 0 bridgehead atoms. The van der Waals surface area contributed by atoms with E-state index in [4.69, 9.17) is 9.52 Å². The lowest BCUT2D eigenvalue weighted by Gasteiger charge is -2.07. The largest absolute Gasteiger partial charge is 0.474 e. The molecule has 0 atom stereocenters. The van der Waals surface area contributed by atoms with Crippen molar-refractivity contribution in [3.63, 3.8) is 0 Å². The molecule has 1 amide bonds. The summed E-state index contributed by atoms with van der Waals surface area (Å²) >= 11 is 0. The molecule has 6 nitrogen and oxygen atoms in total. The molecule has 6 heteroatoms. The van der Waals surface area contributed by atoms with Crippen LogP contribution in [0.25, 0.3) is 22.6 Å². The molecule has 1 aromatic heterocycles. The number of nitrogens with one attached hydrogen (secondary N) is 1. The third-order valence-corrected chi connectivity index (χ3v) is 5.14. The van der Waals surface area contributed by atoms with Crippen molar-refractivity contribution in [3.8, 4) is 0 Å². The van der Waals surface area contributed by atoms with Crippen molar-refractivity contribution in [2.75, 3.05) is 5.32 Å². The molecule has 29 heavy (non-hydrogen) atoms. The van der Waals surface area contributed by atoms with Crippen LogP contribution in [0.15, 0.2) is 45.6 Å². The zero-order chi connectivity index (χ0) is 20.7. The van der Waals surface area contributed by atoms with Crippen molar-refractivity contribution >= 4 is 40.2 Å². The van der Waals surface area contributed by atoms with Crippen molar-refractivity contribution in [1.82, 2.24) is 0 Å². The summed E-state index contributed by atoms with van der Waals surface area (Å²) in [5.41, 5.74) is 5.44. The molecule has 3 aromatic rings. The van der Waals surface area contributed by atoms with Gasteiger partial charge in [0.25, 0.3) is 0 Å². The molecular weight excluding hydrogens is 370 g/mol. The minimum absolute atomic E-state index is 0.0956. The summed E-state index contributed by atoms with van der Waals surface area (Å²) in [6.07, 6.45) is 3.38. The van der Waals surface area contributed by atoms with Crippen molar-refractivity contribution in [2.45, 2.75) is 26.7 Å². The van der Waals surface area contributed by atoms with Gasteiger partial charge in [0.05, 0.1) is 5.39 Å². The van der Waals surface area contributed by atoms with Gasteiger partial charge >= 0.3 is 11.9 Å². The average molecular weight is 389 g/mol. The Labute approximate surface area is 166 Å². The summed E-state index contributed by atoms with van der Waals surface area (Å²) in [7, 11) is 0. The van der Waals surface area contributed by atoms with Gasteiger partial charge in [0.2, 0.25) is 0 Å². The Morgan fingerprint density at radius 3 is 2.66 bits per heavy atom. The summed E-state index contributed by atoms with van der Waals surface area (Å²) in [6, 6.07) is 10.7. The number of amides is 1. The quantitative estimate of drug-likeness (QED) is 0.648. The number of rotatable bonds is 2. The Hall–Kier alpha value is -3.67. The van der Waals surface area contributed by atoms with Gasteiger partial charge in [0.1, 0.15) is 11.3 Å². The topological polar surface area (TPSA) is 96.6 Å². The van der Waals surface area contributed by atoms with E-state index in [9.17, 15) is 14.4 Å². The number of hydrogen-bond acceptors (Lipinski definition) is 4. The fourth-order valence-electron chi connectivity index (χ4n) is 3.59. The molecular formula is C23H19NO5. The molecule has 0 spiro atoms. The first-order valence-electron chi connectivity index (χ1n) is 9.25. The van der Waals surface area contributed by atoms with Crippen LogP contribution in [0.1, 0.15) is 34.4 Å². The highest BCUT2D eigenvalue weighted by atomic mass is 16.4. The second kappa shape index (κ2) is 7.05. The predicted octanol–water partition coefficient (Wildman–Crippen LogP) is 3.92. The molecule has 0 fully saturated rings. The number of benzene rings is 2. The third-order valence-electron chi connectivity index (χ3n) is 5.14. The molecule has 1 heterocycles. The van der Waals surface area contributed by atoms with Crippen LogP contribution < -0.4 is 10.7 Å². The number of fused-ring (bicyclic) bond motifs is 2. The van der Waals surface area contributed by atoms with Gasteiger partial charge in [-0.2, -0.15) is 0 Å². The molecule has 0 saturated heterocycles. The summed E-state index contributed by atoms with van der Waals surface area (Å²) in [4.78, 5) is 35.1. The number of carbonyl (C=O) groups excluding carboxylic acids is 1. The third kappa shape index (κ3) is 3.45. The second-order valence-electron chi connectivity index (χ2n) is 7.24. The fourth-order valence-corrected chi connectivity index (χ4v) is 3.59. The number of aryl methyl sites for hydroxylation is 2. The maximum Gasteiger partial charge on any atom is 0.394 e. The monoisotopic (exact) mass is 389 g/mol. The average Bonchev–Trinajstić information content (AvgIpc) is 3.07. The highest BCUT2D eigenvalue weighted by Gasteiger charge is 2.24. The zero-order valence-corrected chi connectivity index (χ0v) is 16.0. The molecule has 0 unspecified atom stereocenters. The number of allylic oxidation sites excluding steroid dienone is 1. The van der Waals surface area contributed by atoms with Gasteiger partial charge in [0, 0.05) is 17.3 Å². The molecule has 0 radical (unpaired) electrons. The van der Waals surface area contributed by atoms with Crippen LogP contribution in [0, 0.1) is 13.8 Å². The van der Waals surface area contributed by atoms with E-state index < -0.39 is 11.9 Å². The number of carboxylic acid groups (broad SMARTS) is 1. The number of carboxylic acids is 1. The molecule has 2 aromatic carbocycles. The van der Waals surface area contributed by atoms with Crippen LogP contribution >= 0.6 is 0 Å². The molecule has 1 aliphatic rings. The van der Waals surface area contributed by atoms with E-state index in [0.29, 0.717) is 35.1 Å². The van der Waals surface area contributed by atoms with E-state index in [1.165, 1.54) is 12.1 Å². The summed E-state index contributed by atoms with van der Waals surface area (Å²) < 4.78 is 6.06. The summed E-state index contributed by atoms with van der Waals surface area (Å²) in [5, 5.41) is 11.4. The first kappa shape index (κ1) is 18.7.